The van der Waals surface area contributed by atoms with E-state index in [0.29, 0.717) is 31.8 Å². The van der Waals surface area contributed by atoms with E-state index in [1.807, 2.05) is 24.3 Å². The summed E-state index contributed by atoms with van der Waals surface area (Å²) >= 11 is 4.87. The molecule has 1 heterocycles. The van der Waals surface area contributed by atoms with Gasteiger partial charge in [-0.05, 0) is 37.1 Å². The third-order valence-electron chi connectivity index (χ3n) is 3.34. The summed E-state index contributed by atoms with van der Waals surface area (Å²) in [5.74, 6) is 0.304. The Hall–Kier alpha value is -0.560. The van der Waals surface area contributed by atoms with Crippen molar-refractivity contribution in [1.82, 2.24) is 5.32 Å². The number of ether oxygens (including phenoxy) is 1. The highest BCUT2D eigenvalue weighted by atomic mass is 79.9. The molecule has 6 heteroatoms. The van der Waals surface area contributed by atoms with Crippen LogP contribution in [0.15, 0.2) is 33.6 Å². The van der Waals surface area contributed by atoms with Crippen molar-refractivity contribution in [2.24, 2.45) is 0 Å². The summed E-state index contributed by atoms with van der Waals surface area (Å²) < 4.78 is 6.30. The van der Waals surface area contributed by atoms with Crippen LogP contribution in [0.2, 0.25) is 0 Å². The third kappa shape index (κ3) is 4.48. The molecule has 20 heavy (non-hydrogen) atoms. The van der Waals surface area contributed by atoms with Gasteiger partial charge in [-0.3, -0.25) is 4.79 Å². The minimum absolute atomic E-state index is 0.0367. The molecule has 0 radical (unpaired) electrons. The van der Waals surface area contributed by atoms with Crippen molar-refractivity contribution in [3.63, 3.8) is 0 Å². The van der Waals surface area contributed by atoms with Crippen molar-refractivity contribution in [3.8, 4) is 0 Å². The number of carbonyl (C=O) groups is 1. The minimum Gasteiger partial charge on any atom is -0.394 e. The lowest BCUT2D eigenvalue weighted by atomic mass is 9.91. The molecule has 4 nitrogen and oxygen atoms in total. The highest BCUT2D eigenvalue weighted by Gasteiger charge is 2.33. The normalized spacial score (nSPS) is 17.7. The largest absolute Gasteiger partial charge is 0.394 e. The molecule has 1 aliphatic heterocycles. The van der Waals surface area contributed by atoms with Crippen molar-refractivity contribution in [3.05, 3.63) is 28.7 Å². The number of amides is 1. The highest BCUT2D eigenvalue weighted by molar-refractivity contribution is 9.10. The van der Waals surface area contributed by atoms with Gasteiger partial charge in [0, 0.05) is 22.6 Å². The van der Waals surface area contributed by atoms with Crippen LogP contribution in [-0.4, -0.2) is 42.1 Å². The molecule has 0 saturated carbocycles. The smallest absolute Gasteiger partial charge is 0.230 e. The summed E-state index contributed by atoms with van der Waals surface area (Å²) in [6.45, 7) is 1.13. The molecular formula is C14H18BrNO3S. The van der Waals surface area contributed by atoms with E-state index in [2.05, 4.69) is 21.2 Å². The van der Waals surface area contributed by atoms with Crippen molar-refractivity contribution in [2.75, 3.05) is 25.6 Å². The minimum atomic E-state index is -0.504. The molecule has 0 spiro atoms. The van der Waals surface area contributed by atoms with Gasteiger partial charge in [-0.25, -0.2) is 0 Å². The van der Waals surface area contributed by atoms with Gasteiger partial charge in [0.05, 0.1) is 17.9 Å². The van der Waals surface area contributed by atoms with Gasteiger partial charge in [-0.15, -0.1) is 11.8 Å². The summed E-state index contributed by atoms with van der Waals surface area (Å²) in [4.78, 5) is 13.1. The number of aliphatic hydroxyl groups is 1. The first-order valence-electron chi connectivity index (χ1n) is 6.52. The maximum Gasteiger partial charge on any atom is 0.230 e. The first kappa shape index (κ1) is 15.8. The lowest BCUT2D eigenvalue weighted by molar-refractivity contribution is -0.122. The number of halogens is 1. The maximum absolute atomic E-state index is 12.0. The molecule has 0 aromatic heterocycles. The zero-order valence-corrected chi connectivity index (χ0v) is 13.5. The van der Waals surface area contributed by atoms with Crippen LogP contribution in [0.25, 0.3) is 0 Å². The molecule has 1 aromatic carbocycles. The van der Waals surface area contributed by atoms with Crippen LogP contribution < -0.4 is 5.32 Å². The Morgan fingerprint density at radius 1 is 1.35 bits per heavy atom. The number of thioether (sulfide) groups is 1. The van der Waals surface area contributed by atoms with E-state index >= 15 is 0 Å². The van der Waals surface area contributed by atoms with Crippen LogP contribution in [-0.2, 0) is 9.53 Å². The number of benzene rings is 1. The van der Waals surface area contributed by atoms with Gasteiger partial charge in [-0.2, -0.15) is 0 Å². The van der Waals surface area contributed by atoms with Crippen molar-refractivity contribution in [1.29, 1.82) is 0 Å². The van der Waals surface area contributed by atoms with Crippen LogP contribution >= 0.6 is 27.7 Å². The fourth-order valence-corrected chi connectivity index (χ4v) is 3.06. The molecular weight excluding hydrogens is 342 g/mol. The summed E-state index contributed by atoms with van der Waals surface area (Å²) in [5, 5.41) is 12.5. The molecule has 1 saturated heterocycles. The van der Waals surface area contributed by atoms with Gasteiger partial charge >= 0.3 is 0 Å². The second-order valence-electron chi connectivity index (χ2n) is 4.84. The summed E-state index contributed by atoms with van der Waals surface area (Å²) in [6, 6.07) is 7.85. The first-order valence-corrected chi connectivity index (χ1v) is 8.29. The van der Waals surface area contributed by atoms with E-state index in [-0.39, 0.29) is 12.5 Å². The molecule has 1 aliphatic rings. The van der Waals surface area contributed by atoms with Gasteiger partial charge in [0.25, 0.3) is 0 Å². The average Bonchev–Trinajstić information content (AvgIpc) is 2.47. The molecule has 2 N–H and O–H groups in total. The Morgan fingerprint density at radius 2 is 2.00 bits per heavy atom. The number of rotatable bonds is 5. The van der Waals surface area contributed by atoms with Crippen molar-refractivity contribution >= 4 is 33.6 Å². The van der Waals surface area contributed by atoms with E-state index in [0.717, 1.165) is 9.37 Å². The van der Waals surface area contributed by atoms with Crippen molar-refractivity contribution < 1.29 is 14.6 Å². The number of aliphatic hydroxyl groups excluding tert-OH is 1. The number of hydrogen-bond donors (Lipinski definition) is 2. The molecule has 2 rings (SSSR count). The molecule has 0 bridgehead atoms. The monoisotopic (exact) mass is 359 g/mol. The van der Waals surface area contributed by atoms with Gasteiger partial charge < -0.3 is 15.2 Å². The van der Waals surface area contributed by atoms with Gasteiger partial charge in [0.15, 0.2) is 0 Å². The molecule has 0 aliphatic carbocycles. The number of nitrogens with one attached hydrogen (secondary N) is 1. The first-order chi connectivity index (χ1) is 9.63. The van der Waals surface area contributed by atoms with Gasteiger partial charge in [0.2, 0.25) is 5.91 Å². The molecule has 1 amide bonds. The van der Waals surface area contributed by atoms with Gasteiger partial charge in [0.1, 0.15) is 0 Å². The molecule has 0 atom stereocenters. The maximum atomic E-state index is 12.0. The molecule has 1 aromatic rings. The van der Waals surface area contributed by atoms with E-state index in [1.54, 1.807) is 0 Å². The summed E-state index contributed by atoms with van der Waals surface area (Å²) in [7, 11) is 0. The van der Waals surface area contributed by atoms with Crippen LogP contribution in [0.4, 0.5) is 0 Å². The van der Waals surface area contributed by atoms with E-state index in [1.165, 1.54) is 11.8 Å². The Morgan fingerprint density at radius 3 is 2.60 bits per heavy atom. The Kier molecular flexibility index (Phi) is 5.89. The van der Waals surface area contributed by atoms with Crippen LogP contribution in [0.3, 0.4) is 0 Å². The standard InChI is InChI=1S/C14H18BrNO3S/c15-11-1-3-12(4-2-11)20-9-13(18)16-14(10-17)5-7-19-8-6-14/h1-4,17H,5-10H2,(H,16,18). The van der Waals surface area contributed by atoms with E-state index in [9.17, 15) is 9.90 Å². The predicted octanol–water partition coefficient (Wildman–Crippen LogP) is 2.20. The van der Waals surface area contributed by atoms with E-state index in [4.69, 9.17) is 4.74 Å². The van der Waals surface area contributed by atoms with Crippen molar-refractivity contribution in [2.45, 2.75) is 23.3 Å². The predicted molar refractivity (Wildman–Crippen MR) is 82.9 cm³/mol. The van der Waals surface area contributed by atoms with Crippen LogP contribution in [0.5, 0.6) is 0 Å². The fraction of sp³-hybridized carbons (Fsp3) is 0.500. The SMILES string of the molecule is O=C(CSc1ccc(Br)cc1)NC1(CO)CCOCC1. The zero-order chi connectivity index (χ0) is 14.4. The zero-order valence-electron chi connectivity index (χ0n) is 11.1. The highest BCUT2D eigenvalue weighted by Crippen LogP contribution is 2.23. The fourth-order valence-electron chi connectivity index (χ4n) is 2.10. The van der Waals surface area contributed by atoms with Crippen LogP contribution in [0.1, 0.15) is 12.8 Å². The Labute approximate surface area is 131 Å². The lowest BCUT2D eigenvalue weighted by Gasteiger charge is -2.36. The molecule has 0 unspecified atom stereocenters. The molecule has 1 fully saturated rings. The lowest BCUT2D eigenvalue weighted by Crippen LogP contribution is -2.55. The Bertz CT molecular complexity index is 446. The van der Waals surface area contributed by atoms with Crippen LogP contribution in [0, 0.1) is 0 Å². The quantitative estimate of drug-likeness (QED) is 0.791. The summed E-state index contributed by atoms with van der Waals surface area (Å²) in [6.07, 6.45) is 1.33. The van der Waals surface area contributed by atoms with Gasteiger partial charge in [-0.1, -0.05) is 15.9 Å². The average molecular weight is 360 g/mol. The number of hydrogen-bond acceptors (Lipinski definition) is 4. The second kappa shape index (κ2) is 7.45. The number of carbonyl (C=O) groups excluding carboxylic acids is 1. The topological polar surface area (TPSA) is 58.6 Å². The third-order valence-corrected chi connectivity index (χ3v) is 4.88. The second-order valence-corrected chi connectivity index (χ2v) is 6.81. The van der Waals surface area contributed by atoms with E-state index < -0.39 is 5.54 Å². The Balaban J connectivity index is 1.83. The molecule has 110 valence electrons. The summed E-state index contributed by atoms with van der Waals surface area (Å²) in [5.41, 5.74) is -0.504.